The lowest BCUT2D eigenvalue weighted by Gasteiger charge is -2.11. The van der Waals surface area contributed by atoms with E-state index in [-0.39, 0.29) is 0 Å². The molecule has 0 unspecified atom stereocenters. The first-order valence-corrected chi connectivity index (χ1v) is 18.9. The van der Waals surface area contributed by atoms with Crippen LogP contribution in [0.5, 0.6) is 0 Å². The molecule has 0 aliphatic carbocycles. The summed E-state index contributed by atoms with van der Waals surface area (Å²) < 4.78 is 4.68. The summed E-state index contributed by atoms with van der Waals surface area (Å²) in [6, 6.07) is 68.3. The number of hydrogen-bond acceptors (Lipinski definition) is 3. The van der Waals surface area contributed by atoms with Gasteiger partial charge in [-0.15, -0.1) is 0 Å². The van der Waals surface area contributed by atoms with E-state index in [2.05, 4.69) is 149 Å². The zero-order valence-electron chi connectivity index (χ0n) is 30.3. The number of hydrogen-bond donors (Lipinski definition) is 0. The average molecular weight is 716 g/mol. The topological polar surface area (TPSA) is 48.5 Å². The minimum Gasteiger partial charge on any atom is -0.317 e. The molecule has 0 saturated heterocycles. The van der Waals surface area contributed by atoms with Gasteiger partial charge in [0.2, 0.25) is 0 Å². The second-order valence-electron chi connectivity index (χ2n) is 14.2. The minimum absolute atomic E-state index is 0.639. The summed E-state index contributed by atoms with van der Waals surface area (Å²) in [6.07, 6.45) is 2.18. The van der Waals surface area contributed by atoms with Crippen LogP contribution in [0.3, 0.4) is 0 Å². The summed E-state index contributed by atoms with van der Waals surface area (Å²) in [5.41, 5.74) is 10.9. The Morgan fingerprint density at radius 2 is 0.839 bits per heavy atom. The Balaban J connectivity index is 0.996. The van der Waals surface area contributed by atoms with Crippen LogP contribution in [0.25, 0.3) is 100 Å². The van der Waals surface area contributed by atoms with Crippen molar-refractivity contribution in [2.24, 2.45) is 0 Å². The van der Waals surface area contributed by atoms with E-state index in [1.807, 2.05) is 60.7 Å². The Morgan fingerprint density at radius 3 is 1.57 bits per heavy atom. The van der Waals surface area contributed by atoms with Gasteiger partial charge in [-0.25, -0.2) is 15.0 Å². The molecule has 8 aromatic carbocycles. The normalized spacial score (nSPS) is 11.6. The third kappa shape index (κ3) is 5.45. The van der Waals surface area contributed by atoms with Crippen molar-refractivity contribution in [2.45, 2.75) is 0 Å². The summed E-state index contributed by atoms with van der Waals surface area (Å²) in [6.45, 7) is 0. The lowest BCUT2D eigenvalue weighted by atomic mass is 10.0. The minimum atomic E-state index is 0.639. The lowest BCUT2D eigenvalue weighted by molar-refractivity contribution is 1.07. The predicted octanol–water partition coefficient (Wildman–Crippen LogP) is 12.7. The van der Waals surface area contributed by atoms with Crippen molar-refractivity contribution in [2.75, 3.05) is 0 Å². The molecule has 11 rings (SSSR count). The molecular formula is C51H33N5. The Morgan fingerprint density at radius 1 is 0.304 bits per heavy atom. The fourth-order valence-corrected chi connectivity index (χ4v) is 8.04. The Labute approximate surface area is 323 Å². The molecule has 0 radical (unpaired) electrons. The van der Waals surface area contributed by atoms with E-state index in [1.165, 1.54) is 43.5 Å². The third-order valence-corrected chi connectivity index (χ3v) is 10.7. The van der Waals surface area contributed by atoms with Gasteiger partial charge in [0.15, 0.2) is 17.5 Å². The van der Waals surface area contributed by atoms with Crippen LogP contribution in [0.1, 0.15) is 0 Å². The molecule has 0 bridgehead atoms. The highest BCUT2D eigenvalue weighted by atomic mass is 15.0. The molecule has 3 heterocycles. The van der Waals surface area contributed by atoms with Crippen molar-refractivity contribution in [1.29, 1.82) is 0 Å². The second-order valence-corrected chi connectivity index (χ2v) is 14.2. The van der Waals surface area contributed by atoms with Crippen LogP contribution in [0, 0.1) is 0 Å². The molecule has 262 valence electrons. The summed E-state index contributed by atoms with van der Waals surface area (Å²) in [5.74, 6) is 1.94. The molecular weight excluding hydrogens is 683 g/mol. The van der Waals surface area contributed by atoms with Gasteiger partial charge in [-0.2, -0.15) is 0 Å². The van der Waals surface area contributed by atoms with Crippen LogP contribution >= 0.6 is 0 Å². The molecule has 3 aromatic heterocycles. The first-order valence-electron chi connectivity index (χ1n) is 18.9. The second kappa shape index (κ2) is 13.0. The average Bonchev–Trinajstić information content (AvgIpc) is 3.83. The third-order valence-electron chi connectivity index (χ3n) is 10.7. The molecule has 0 aliphatic heterocycles. The smallest absolute Gasteiger partial charge is 0.164 e. The molecule has 0 fully saturated rings. The molecule has 0 saturated carbocycles. The van der Waals surface area contributed by atoms with Crippen molar-refractivity contribution in [3.63, 3.8) is 0 Å². The van der Waals surface area contributed by atoms with Gasteiger partial charge in [0.1, 0.15) is 0 Å². The summed E-state index contributed by atoms with van der Waals surface area (Å²) in [7, 11) is 0. The number of nitrogens with zero attached hydrogens (tertiary/aromatic N) is 5. The van der Waals surface area contributed by atoms with Crippen molar-refractivity contribution in [3.8, 4) is 56.7 Å². The molecule has 0 spiro atoms. The largest absolute Gasteiger partial charge is 0.317 e. The maximum absolute atomic E-state index is 4.98. The first kappa shape index (κ1) is 31.9. The fraction of sp³-hybridized carbons (Fsp3) is 0. The van der Waals surface area contributed by atoms with Gasteiger partial charge >= 0.3 is 0 Å². The van der Waals surface area contributed by atoms with E-state index >= 15 is 0 Å². The van der Waals surface area contributed by atoms with Crippen LogP contribution < -0.4 is 0 Å². The van der Waals surface area contributed by atoms with Gasteiger partial charge in [-0.05, 0) is 88.6 Å². The summed E-state index contributed by atoms with van der Waals surface area (Å²) in [4.78, 5) is 14.8. The number of benzene rings is 8. The molecule has 5 nitrogen and oxygen atoms in total. The highest BCUT2D eigenvalue weighted by molar-refractivity contribution is 6.15. The molecule has 0 N–H and O–H groups in total. The maximum atomic E-state index is 4.98. The van der Waals surface area contributed by atoms with Crippen molar-refractivity contribution in [3.05, 3.63) is 200 Å². The number of rotatable bonds is 6. The zero-order chi connectivity index (χ0) is 37.0. The van der Waals surface area contributed by atoms with Crippen LogP contribution in [0.15, 0.2) is 200 Å². The molecule has 0 aliphatic rings. The van der Waals surface area contributed by atoms with Gasteiger partial charge in [0.05, 0.1) is 16.6 Å². The lowest BCUT2D eigenvalue weighted by Crippen LogP contribution is -2.00. The van der Waals surface area contributed by atoms with Gasteiger partial charge in [-0.1, -0.05) is 127 Å². The standard InChI is InChI=1S/C51H33N5/c1-4-14-34(15-5-1)49-52-50(35-16-6-2-7-17-35)54-51(53-49)39-20-12-18-36(28-39)37-19-13-23-43(30-37)55-27-26-38-29-40-33-48-45(31-41(40)32-47(38)55)44-24-10-11-25-46(44)56(48)42-21-8-3-9-22-42/h1-33H. The Bertz CT molecular complexity index is 3180. The Kier molecular flexibility index (Phi) is 7.42. The summed E-state index contributed by atoms with van der Waals surface area (Å²) in [5, 5.41) is 6.14. The number of fused-ring (bicyclic) bond motifs is 5. The quantitative estimate of drug-likeness (QED) is 0.172. The molecule has 56 heavy (non-hydrogen) atoms. The van der Waals surface area contributed by atoms with Gasteiger partial charge in [-0.3, -0.25) is 0 Å². The van der Waals surface area contributed by atoms with Gasteiger partial charge < -0.3 is 9.13 Å². The van der Waals surface area contributed by atoms with E-state index in [1.54, 1.807) is 0 Å². The van der Waals surface area contributed by atoms with E-state index in [9.17, 15) is 0 Å². The van der Waals surface area contributed by atoms with Crippen molar-refractivity contribution < 1.29 is 0 Å². The van der Waals surface area contributed by atoms with E-state index in [0.717, 1.165) is 39.2 Å². The highest BCUT2D eigenvalue weighted by Gasteiger charge is 2.16. The highest BCUT2D eigenvalue weighted by Crippen LogP contribution is 2.37. The van der Waals surface area contributed by atoms with Crippen LogP contribution in [0.4, 0.5) is 0 Å². The van der Waals surface area contributed by atoms with Crippen molar-refractivity contribution >= 4 is 43.5 Å². The predicted molar refractivity (Wildman–Crippen MR) is 230 cm³/mol. The Hall–Kier alpha value is -7.63. The van der Waals surface area contributed by atoms with Gasteiger partial charge in [0, 0.05) is 50.4 Å². The monoisotopic (exact) mass is 715 g/mol. The van der Waals surface area contributed by atoms with Crippen LogP contribution in [-0.4, -0.2) is 24.1 Å². The number of aromatic nitrogens is 5. The number of para-hydroxylation sites is 2. The fourth-order valence-electron chi connectivity index (χ4n) is 8.04. The van der Waals surface area contributed by atoms with Crippen LogP contribution in [-0.2, 0) is 0 Å². The van der Waals surface area contributed by atoms with Gasteiger partial charge in [0.25, 0.3) is 0 Å². The molecule has 0 amide bonds. The molecule has 5 heteroatoms. The molecule has 0 atom stereocenters. The summed E-state index contributed by atoms with van der Waals surface area (Å²) >= 11 is 0. The SMILES string of the molecule is c1ccc(-c2nc(-c3ccccc3)nc(-c3cccc(-c4cccc(-n5ccc6cc7cc8c(cc7cc65)c5ccccc5n8-c5ccccc5)c4)c3)n2)cc1. The van der Waals surface area contributed by atoms with E-state index < -0.39 is 0 Å². The van der Waals surface area contributed by atoms with Crippen LogP contribution in [0.2, 0.25) is 0 Å². The maximum Gasteiger partial charge on any atom is 0.164 e. The zero-order valence-corrected chi connectivity index (χ0v) is 30.3. The van der Waals surface area contributed by atoms with E-state index in [0.29, 0.717) is 17.5 Å². The first-order chi connectivity index (χ1) is 27.7. The van der Waals surface area contributed by atoms with E-state index in [4.69, 9.17) is 15.0 Å². The molecule has 11 aromatic rings. The van der Waals surface area contributed by atoms with Crippen molar-refractivity contribution in [1.82, 2.24) is 24.1 Å².